The zero-order chi connectivity index (χ0) is 16.5. The molecule has 0 aliphatic rings. The van der Waals surface area contributed by atoms with Gasteiger partial charge in [-0.05, 0) is 43.9 Å². The lowest BCUT2D eigenvalue weighted by molar-refractivity contribution is 0.298. The van der Waals surface area contributed by atoms with Gasteiger partial charge in [-0.3, -0.25) is 0 Å². The summed E-state index contributed by atoms with van der Waals surface area (Å²) in [5, 5.41) is 7.32. The van der Waals surface area contributed by atoms with Crippen molar-refractivity contribution in [3.63, 3.8) is 0 Å². The molecule has 0 bridgehead atoms. The number of thiocarbonyl (C=S) groups is 1. The zero-order valence-electron chi connectivity index (χ0n) is 13.8. The summed E-state index contributed by atoms with van der Waals surface area (Å²) >= 11 is 5.38. The van der Waals surface area contributed by atoms with Gasteiger partial charge in [-0.1, -0.05) is 60.7 Å². The van der Waals surface area contributed by atoms with Gasteiger partial charge >= 0.3 is 0 Å². The molecule has 2 N–H and O–H groups in total. The number of nitrogens with zero attached hydrogens (tertiary/aromatic N) is 1. The number of likely N-dealkylation sites (N-methyl/N-ethyl adjacent to an activating group) is 1. The number of hydrogen-bond donors (Lipinski definition) is 2. The van der Waals surface area contributed by atoms with Crippen LogP contribution in [0.1, 0.15) is 17.2 Å². The number of benzene rings is 2. The van der Waals surface area contributed by atoms with E-state index in [0.717, 1.165) is 19.5 Å². The number of nitrogens with one attached hydrogen (secondary N) is 2. The van der Waals surface area contributed by atoms with E-state index in [0.29, 0.717) is 11.2 Å². The monoisotopic (exact) mass is 327 g/mol. The minimum absolute atomic E-state index is 0.296. The van der Waals surface area contributed by atoms with Crippen molar-refractivity contribution in [3.05, 3.63) is 71.8 Å². The fourth-order valence-corrected chi connectivity index (χ4v) is 2.68. The maximum atomic E-state index is 5.38. The van der Waals surface area contributed by atoms with Crippen molar-refractivity contribution in [1.29, 1.82) is 0 Å². The molecule has 2 rings (SSSR count). The summed E-state index contributed by atoms with van der Waals surface area (Å²) in [5.41, 5.74) is 2.61. The fraction of sp³-hybridized carbons (Fsp3) is 0.316. The highest BCUT2D eigenvalue weighted by atomic mass is 32.1. The predicted octanol–water partition coefficient (Wildman–Crippen LogP) is 3.00. The Morgan fingerprint density at radius 2 is 1.57 bits per heavy atom. The summed E-state index contributed by atoms with van der Waals surface area (Å²) in [7, 11) is 4.18. The van der Waals surface area contributed by atoms with E-state index in [9.17, 15) is 0 Å². The van der Waals surface area contributed by atoms with Crippen LogP contribution in [0.5, 0.6) is 0 Å². The summed E-state index contributed by atoms with van der Waals surface area (Å²) < 4.78 is 0. The van der Waals surface area contributed by atoms with E-state index < -0.39 is 0 Å². The van der Waals surface area contributed by atoms with Crippen LogP contribution in [0.15, 0.2) is 60.7 Å². The molecule has 23 heavy (non-hydrogen) atoms. The maximum Gasteiger partial charge on any atom is 0.166 e. The Morgan fingerprint density at radius 3 is 2.17 bits per heavy atom. The quantitative estimate of drug-likeness (QED) is 0.765. The average molecular weight is 327 g/mol. The summed E-state index contributed by atoms with van der Waals surface area (Å²) in [5.74, 6) is 0. The summed E-state index contributed by atoms with van der Waals surface area (Å²) in [4.78, 5) is 2.20. The summed E-state index contributed by atoms with van der Waals surface area (Å²) in [6.45, 7) is 1.63. The Labute approximate surface area is 144 Å². The zero-order valence-corrected chi connectivity index (χ0v) is 14.6. The first-order valence-corrected chi connectivity index (χ1v) is 8.34. The molecule has 0 aliphatic carbocycles. The Hall–Kier alpha value is -1.91. The van der Waals surface area contributed by atoms with E-state index in [-0.39, 0.29) is 0 Å². The molecule has 3 nitrogen and oxygen atoms in total. The maximum absolute atomic E-state index is 5.38. The normalized spacial score (nSPS) is 12.0. The number of rotatable bonds is 7. The van der Waals surface area contributed by atoms with Gasteiger partial charge in [0.15, 0.2) is 5.11 Å². The molecule has 0 saturated heterocycles. The topological polar surface area (TPSA) is 27.3 Å². The lowest BCUT2D eigenvalue weighted by Crippen LogP contribution is -2.41. The second-order valence-corrected chi connectivity index (χ2v) is 6.17. The third-order valence-electron chi connectivity index (χ3n) is 3.81. The molecule has 0 fully saturated rings. The van der Waals surface area contributed by atoms with Crippen LogP contribution in [0.4, 0.5) is 0 Å². The van der Waals surface area contributed by atoms with Crippen molar-refractivity contribution in [3.8, 4) is 0 Å². The molecule has 0 spiro atoms. The summed E-state index contributed by atoms with van der Waals surface area (Å²) in [6, 6.07) is 21.2. The summed E-state index contributed by atoms with van der Waals surface area (Å²) in [6.07, 6.45) is 0.971. The molecule has 0 heterocycles. The Bertz CT molecular complexity index is 584. The molecule has 2 aromatic rings. The van der Waals surface area contributed by atoms with Crippen LogP contribution < -0.4 is 10.6 Å². The van der Waals surface area contributed by atoms with Crippen LogP contribution >= 0.6 is 12.2 Å². The highest BCUT2D eigenvalue weighted by Crippen LogP contribution is 2.16. The second kappa shape index (κ2) is 9.28. The van der Waals surface area contributed by atoms with Gasteiger partial charge in [0.1, 0.15) is 0 Å². The first-order valence-electron chi connectivity index (χ1n) is 7.94. The van der Waals surface area contributed by atoms with Crippen molar-refractivity contribution in [2.45, 2.75) is 12.5 Å². The van der Waals surface area contributed by atoms with Crippen molar-refractivity contribution < 1.29 is 0 Å². The van der Waals surface area contributed by atoms with Gasteiger partial charge < -0.3 is 15.5 Å². The van der Waals surface area contributed by atoms with Crippen LogP contribution in [-0.2, 0) is 6.42 Å². The van der Waals surface area contributed by atoms with Crippen molar-refractivity contribution in [1.82, 2.24) is 15.5 Å². The smallest absolute Gasteiger partial charge is 0.166 e. The van der Waals surface area contributed by atoms with Crippen LogP contribution in [-0.4, -0.2) is 37.2 Å². The molecular weight excluding hydrogens is 302 g/mol. The minimum atomic E-state index is 0.296. The first-order chi connectivity index (χ1) is 11.2. The van der Waals surface area contributed by atoms with E-state index in [1.54, 1.807) is 0 Å². The second-order valence-electron chi connectivity index (χ2n) is 5.76. The molecular formula is C19H25N3S. The molecule has 0 saturated carbocycles. The molecule has 0 unspecified atom stereocenters. The van der Waals surface area contributed by atoms with Crippen LogP contribution in [0, 0.1) is 0 Å². The largest absolute Gasteiger partial charge is 0.362 e. The van der Waals surface area contributed by atoms with E-state index >= 15 is 0 Å². The third-order valence-corrected chi connectivity index (χ3v) is 4.09. The Balaban J connectivity index is 1.76. The Morgan fingerprint density at radius 1 is 0.957 bits per heavy atom. The number of hydrogen-bond acceptors (Lipinski definition) is 2. The highest BCUT2D eigenvalue weighted by Gasteiger charge is 2.13. The van der Waals surface area contributed by atoms with E-state index in [4.69, 9.17) is 12.2 Å². The van der Waals surface area contributed by atoms with Crippen LogP contribution in [0.3, 0.4) is 0 Å². The highest BCUT2D eigenvalue weighted by molar-refractivity contribution is 7.80. The first kappa shape index (κ1) is 17.4. The molecule has 0 aliphatic heterocycles. The van der Waals surface area contributed by atoms with Crippen LogP contribution in [0.25, 0.3) is 0 Å². The van der Waals surface area contributed by atoms with Crippen LogP contribution in [0.2, 0.25) is 0 Å². The van der Waals surface area contributed by atoms with E-state index in [1.807, 2.05) is 12.1 Å². The molecule has 0 radical (unpaired) electrons. The molecule has 2 aromatic carbocycles. The molecule has 1 atom stereocenters. The minimum Gasteiger partial charge on any atom is -0.362 e. The van der Waals surface area contributed by atoms with Gasteiger partial charge in [0, 0.05) is 13.1 Å². The van der Waals surface area contributed by atoms with E-state index in [2.05, 4.69) is 78.2 Å². The van der Waals surface area contributed by atoms with Crippen molar-refractivity contribution >= 4 is 17.3 Å². The third kappa shape index (κ3) is 6.00. The van der Waals surface area contributed by atoms with Gasteiger partial charge in [-0.15, -0.1) is 0 Å². The van der Waals surface area contributed by atoms with Crippen molar-refractivity contribution in [2.24, 2.45) is 0 Å². The van der Waals surface area contributed by atoms with Gasteiger partial charge in [0.05, 0.1) is 6.04 Å². The van der Waals surface area contributed by atoms with Gasteiger partial charge in [-0.25, -0.2) is 0 Å². The Kier molecular flexibility index (Phi) is 7.04. The lowest BCUT2D eigenvalue weighted by Gasteiger charge is -2.25. The molecule has 4 heteroatoms. The molecule has 0 amide bonds. The van der Waals surface area contributed by atoms with Gasteiger partial charge in [0.2, 0.25) is 0 Å². The van der Waals surface area contributed by atoms with Gasteiger partial charge in [-0.2, -0.15) is 0 Å². The van der Waals surface area contributed by atoms with E-state index in [1.165, 1.54) is 11.1 Å². The molecule has 0 aromatic heterocycles. The van der Waals surface area contributed by atoms with Gasteiger partial charge in [0.25, 0.3) is 0 Å². The lowest BCUT2D eigenvalue weighted by atomic mass is 10.1. The SMILES string of the molecule is CN(C)[C@H](CNC(=S)NCCc1ccccc1)c1ccccc1. The molecule has 122 valence electrons. The fourth-order valence-electron chi connectivity index (χ4n) is 2.49. The predicted molar refractivity (Wildman–Crippen MR) is 102 cm³/mol. The standard InChI is InChI=1S/C19H25N3S/c1-22(2)18(17-11-7-4-8-12-17)15-21-19(23)20-14-13-16-9-5-3-6-10-16/h3-12,18H,13-15H2,1-2H3,(H2,20,21,23)/t18-/m1/s1. The van der Waals surface area contributed by atoms with Crippen molar-refractivity contribution in [2.75, 3.05) is 27.2 Å². The average Bonchev–Trinajstić information content (AvgIpc) is 2.57.